The maximum absolute atomic E-state index is 5.58. The molecule has 0 spiro atoms. The number of nitrogens with two attached hydrogens (primary N) is 1. The molecule has 0 aliphatic rings. The van der Waals surface area contributed by atoms with Crippen LogP contribution in [0, 0.1) is 6.92 Å². The van der Waals surface area contributed by atoms with Crippen molar-refractivity contribution in [2.24, 2.45) is 0 Å². The monoisotopic (exact) mass is 246 g/mol. The summed E-state index contributed by atoms with van der Waals surface area (Å²) < 4.78 is 0. The molecule has 17 heavy (non-hydrogen) atoms. The molecule has 2 aromatic rings. The average Bonchev–Trinajstić information content (AvgIpc) is 2.34. The quantitative estimate of drug-likeness (QED) is 0.843. The van der Waals surface area contributed by atoms with E-state index in [0.29, 0.717) is 5.69 Å². The second-order valence-corrected chi connectivity index (χ2v) is 4.66. The van der Waals surface area contributed by atoms with Crippen LogP contribution in [0.3, 0.4) is 0 Å². The third-order valence-electron chi connectivity index (χ3n) is 2.34. The van der Waals surface area contributed by atoms with Gasteiger partial charge in [-0.2, -0.15) is 0 Å². The van der Waals surface area contributed by atoms with Crippen LogP contribution in [0.4, 0.5) is 5.69 Å². The lowest BCUT2D eigenvalue weighted by Crippen LogP contribution is -1.96. The standard InChI is InChI=1S/C12H14N4S/c1-3-10-8(2)6-15-12(16-10)17-11-5-4-9(13)7-14-11/h4-7H,3,13H2,1-2H3. The first kappa shape index (κ1) is 11.9. The van der Waals surface area contributed by atoms with E-state index in [-0.39, 0.29) is 0 Å². The Bertz CT molecular complexity index is 510. The van der Waals surface area contributed by atoms with E-state index in [1.54, 1.807) is 6.20 Å². The Balaban J connectivity index is 2.21. The molecule has 0 bridgehead atoms. The fraction of sp³-hybridized carbons (Fsp3) is 0.250. The zero-order valence-corrected chi connectivity index (χ0v) is 10.7. The molecule has 0 unspecified atom stereocenters. The van der Waals surface area contributed by atoms with Crippen molar-refractivity contribution < 1.29 is 0 Å². The third-order valence-corrected chi connectivity index (χ3v) is 3.17. The lowest BCUT2D eigenvalue weighted by Gasteiger charge is -2.04. The Morgan fingerprint density at radius 3 is 2.71 bits per heavy atom. The smallest absolute Gasteiger partial charge is 0.194 e. The summed E-state index contributed by atoms with van der Waals surface area (Å²) in [5.41, 5.74) is 8.45. The normalized spacial score (nSPS) is 10.5. The minimum absolute atomic E-state index is 0.661. The molecule has 2 heterocycles. The van der Waals surface area contributed by atoms with Gasteiger partial charge < -0.3 is 5.73 Å². The van der Waals surface area contributed by atoms with E-state index in [0.717, 1.165) is 27.9 Å². The minimum Gasteiger partial charge on any atom is -0.397 e. The highest BCUT2D eigenvalue weighted by Crippen LogP contribution is 2.23. The first-order valence-corrected chi connectivity index (χ1v) is 6.22. The summed E-state index contributed by atoms with van der Waals surface area (Å²) in [6.45, 7) is 4.11. The third kappa shape index (κ3) is 2.94. The molecular weight excluding hydrogens is 232 g/mol. The van der Waals surface area contributed by atoms with E-state index < -0.39 is 0 Å². The summed E-state index contributed by atoms with van der Waals surface area (Å²) in [6.07, 6.45) is 4.40. The number of rotatable bonds is 3. The summed E-state index contributed by atoms with van der Waals surface area (Å²) in [5, 5.41) is 1.58. The highest BCUT2D eigenvalue weighted by atomic mass is 32.2. The van der Waals surface area contributed by atoms with Crippen molar-refractivity contribution in [3.05, 3.63) is 35.8 Å². The molecule has 4 nitrogen and oxygen atoms in total. The number of nitrogen functional groups attached to an aromatic ring is 1. The Kier molecular flexibility index (Phi) is 3.58. The van der Waals surface area contributed by atoms with Crippen molar-refractivity contribution in [1.82, 2.24) is 15.0 Å². The Morgan fingerprint density at radius 1 is 1.24 bits per heavy atom. The van der Waals surface area contributed by atoms with Gasteiger partial charge in [-0.05, 0) is 42.8 Å². The van der Waals surface area contributed by atoms with Gasteiger partial charge in [0, 0.05) is 11.9 Å². The maximum Gasteiger partial charge on any atom is 0.194 e. The number of anilines is 1. The Hall–Kier alpha value is -1.62. The zero-order valence-electron chi connectivity index (χ0n) is 9.84. The second kappa shape index (κ2) is 5.14. The predicted molar refractivity (Wildman–Crippen MR) is 68.9 cm³/mol. The predicted octanol–water partition coefficient (Wildman–Crippen LogP) is 2.48. The molecule has 0 aliphatic heterocycles. The molecule has 0 amide bonds. The maximum atomic E-state index is 5.58. The Morgan fingerprint density at radius 2 is 2.06 bits per heavy atom. The van der Waals surface area contributed by atoms with Crippen LogP contribution in [0.1, 0.15) is 18.2 Å². The van der Waals surface area contributed by atoms with E-state index in [2.05, 4.69) is 21.9 Å². The van der Waals surface area contributed by atoms with Crippen LogP contribution in [-0.4, -0.2) is 15.0 Å². The van der Waals surface area contributed by atoms with Gasteiger partial charge in [0.15, 0.2) is 5.16 Å². The molecule has 0 radical (unpaired) electrons. The van der Waals surface area contributed by atoms with Gasteiger partial charge in [0.2, 0.25) is 0 Å². The average molecular weight is 246 g/mol. The van der Waals surface area contributed by atoms with Crippen molar-refractivity contribution in [1.29, 1.82) is 0 Å². The van der Waals surface area contributed by atoms with Gasteiger partial charge in [0.25, 0.3) is 0 Å². The summed E-state index contributed by atoms with van der Waals surface area (Å²) in [4.78, 5) is 13.0. The molecule has 0 saturated heterocycles. The van der Waals surface area contributed by atoms with Crippen LogP contribution in [-0.2, 0) is 6.42 Å². The summed E-state index contributed by atoms with van der Waals surface area (Å²) in [6, 6.07) is 3.69. The van der Waals surface area contributed by atoms with E-state index in [1.807, 2.05) is 25.3 Å². The molecule has 0 aromatic carbocycles. The van der Waals surface area contributed by atoms with Gasteiger partial charge >= 0.3 is 0 Å². The van der Waals surface area contributed by atoms with Crippen LogP contribution >= 0.6 is 11.8 Å². The molecular formula is C12H14N4S. The molecule has 0 aliphatic carbocycles. The number of hydrogen-bond donors (Lipinski definition) is 1. The van der Waals surface area contributed by atoms with Gasteiger partial charge in [-0.1, -0.05) is 6.92 Å². The van der Waals surface area contributed by atoms with Crippen LogP contribution in [0.15, 0.2) is 34.7 Å². The largest absolute Gasteiger partial charge is 0.397 e. The lowest BCUT2D eigenvalue weighted by atomic mass is 10.2. The van der Waals surface area contributed by atoms with E-state index >= 15 is 0 Å². The van der Waals surface area contributed by atoms with E-state index in [4.69, 9.17) is 5.73 Å². The number of pyridine rings is 1. The number of nitrogens with zero attached hydrogens (tertiary/aromatic N) is 3. The van der Waals surface area contributed by atoms with Gasteiger partial charge in [0.1, 0.15) is 5.03 Å². The second-order valence-electron chi connectivity index (χ2n) is 3.67. The van der Waals surface area contributed by atoms with Gasteiger partial charge in [-0.25, -0.2) is 15.0 Å². The van der Waals surface area contributed by atoms with Gasteiger partial charge in [0.05, 0.1) is 11.9 Å². The van der Waals surface area contributed by atoms with Crippen LogP contribution in [0.25, 0.3) is 0 Å². The number of hydrogen-bond acceptors (Lipinski definition) is 5. The van der Waals surface area contributed by atoms with Crippen LogP contribution in [0.2, 0.25) is 0 Å². The van der Waals surface area contributed by atoms with Gasteiger partial charge in [-0.15, -0.1) is 0 Å². The molecule has 88 valence electrons. The highest BCUT2D eigenvalue weighted by molar-refractivity contribution is 7.99. The minimum atomic E-state index is 0.661. The summed E-state index contributed by atoms with van der Waals surface area (Å²) >= 11 is 1.45. The zero-order chi connectivity index (χ0) is 12.3. The molecule has 2 N–H and O–H groups in total. The lowest BCUT2D eigenvalue weighted by molar-refractivity contribution is 0.868. The fourth-order valence-corrected chi connectivity index (χ4v) is 2.10. The van der Waals surface area contributed by atoms with Crippen molar-refractivity contribution in [3.63, 3.8) is 0 Å². The first-order valence-electron chi connectivity index (χ1n) is 5.41. The summed E-state index contributed by atoms with van der Waals surface area (Å²) in [7, 11) is 0. The van der Waals surface area contributed by atoms with Crippen molar-refractivity contribution in [3.8, 4) is 0 Å². The topological polar surface area (TPSA) is 64.7 Å². The molecule has 0 saturated carbocycles. The number of aryl methyl sites for hydroxylation is 2. The van der Waals surface area contributed by atoms with E-state index in [9.17, 15) is 0 Å². The SMILES string of the molecule is CCc1nc(Sc2ccc(N)cn2)ncc1C. The number of aromatic nitrogens is 3. The molecule has 0 atom stereocenters. The van der Waals surface area contributed by atoms with Crippen molar-refractivity contribution in [2.45, 2.75) is 30.5 Å². The van der Waals surface area contributed by atoms with Crippen molar-refractivity contribution >= 4 is 17.4 Å². The Labute approximate surface area is 105 Å². The van der Waals surface area contributed by atoms with Gasteiger partial charge in [-0.3, -0.25) is 0 Å². The first-order chi connectivity index (χ1) is 8.19. The highest BCUT2D eigenvalue weighted by Gasteiger charge is 2.05. The summed E-state index contributed by atoms with van der Waals surface area (Å²) in [5.74, 6) is 0. The van der Waals surface area contributed by atoms with Crippen molar-refractivity contribution in [2.75, 3.05) is 5.73 Å². The molecule has 2 aromatic heterocycles. The molecule has 2 rings (SSSR count). The van der Waals surface area contributed by atoms with Crippen LogP contribution in [0.5, 0.6) is 0 Å². The molecule has 5 heteroatoms. The molecule has 0 fully saturated rings. The fourth-order valence-electron chi connectivity index (χ4n) is 1.41. The van der Waals surface area contributed by atoms with Crippen LogP contribution < -0.4 is 5.73 Å². The van der Waals surface area contributed by atoms with E-state index in [1.165, 1.54) is 11.8 Å².